The van der Waals surface area contributed by atoms with Crippen LogP contribution in [0.1, 0.15) is 37.0 Å². The van der Waals surface area contributed by atoms with Gasteiger partial charge in [0.15, 0.2) is 6.61 Å². The quantitative estimate of drug-likeness (QED) is 0.521. The minimum absolute atomic E-state index is 0.134. The topological polar surface area (TPSA) is 59.8 Å². The maximum absolute atomic E-state index is 12.9. The number of benzene rings is 2. The van der Waals surface area contributed by atoms with E-state index in [-0.39, 0.29) is 18.9 Å². The van der Waals surface area contributed by atoms with E-state index in [0.717, 1.165) is 47.7 Å². The number of esters is 1. The van der Waals surface area contributed by atoms with Crippen molar-refractivity contribution in [2.75, 3.05) is 6.61 Å². The van der Waals surface area contributed by atoms with Gasteiger partial charge in [-0.25, -0.2) is 0 Å². The van der Waals surface area contributed by atoms with Crippen LogP contribution in [0.15, 0.2) is 77.1 Å². The number of nitrogens with zero attached hydrogens (tertiary/aromatic N) is 1. The van der Waals surface area contributed by atoms with Gasteiger partial charge < -0.3 is 14.1 Å². The van der Waals surface area contributed by atoms with E-state index in [2.05, 4.69) is 6.08 Å². The van der Waals surface area contributed by atoms with Crippen LogP contribution in [-0.4, -0.2) is 23.4 Å². The molecule has 0 radical (unpaired) electrons. The molecule has 2 aromatic carbocycles. The molecule has 154 valence electrons. The van der Waals surface area contributed by atoms with Gasteiger partial charge in [-0.2, -0.15) is 0 Å². The number of hydrogen-bond acceptors (Lipinski definition) is 4. The summed E-state index contributed by atoms with van der Waals surface area (Å²) < 4.78 is 10.8. The third-order valence-electron chi connectivity index (χ3n) is 5.38. The van der Waals surface area contributed by atoms with Crippen molar-refractivity contribution in [2.24, 2.45) is 0 Å². The molecular formula is C25H25NO4. The summed E-state index contributed by atoms with van der Waals surface area (Å²) in [6.45, 7) is 0.0696. The van der Waals surface area contributed by atoms with Gasteiger partial charge in [-0.05, 0) is 54.2 Å². The summed E-state index contributed by atoms with van der Waals surface area (Å²) in [6, 6.07) is 17.4. The van der Waals surface area contributed by atoms with Crippen molar-refractivity contribution >= 4 is 22.6 Å². The Morgan fingerprint density at radius 1 is 1.00 bits per heavy atom. The average molecular weight is 403 g/mol. The highest BCUT2D eigenvalue weighted by molar-refractivity contribution is 5.89. The minimum atomic E-state index is -0.407. The van der Waals surface area contributed by atoms with Gasteiger partial charge in [0.25, 0.3) is 5.91 Å². The first-order chi connectivity index (χ1) is 14.7. The van der Waals surface area contributed by atoms with E-state index in [1.807, 2.05) is 48.5 Å². The lowest BCUT2D eigenvalue weighted by Gasteiger charge is -2.27. The van der Waals surface area contributed by atoms with Gasteiger partial charge in [-0.15, -0.1) is 0 Å². The highest BCUT2D eigenvalue weighted by atomic mass is 16.5. The highest BCUT2D eigenvalue weighted by Gasteiger charge is 2.22. The van der Waals surface area contributed by atoms with Crippen LogP contribution in [0.2, 0.25) is 0 Å². The van der Waals surface area contributed by atoms with Crippen molar-refractivity contribution < 1.29 is 18.7 Å². The van der Waals surface area contributed by atoms with Gasteiger partial charge in [-0.1, -0.05) is 48.5 Å². The van der Waals surface area contributed by atoms with E-state index in [4.69, 9.17) is 9.15 Å². The maximum atomic E-state index is 12.9. The van der Waals surface area contributed by atoms with Gasteiger partial charge in [-0.3, -0.25) is 9.59 Å². The van der Waals surface area contributed by atoms with E-state index in [1.54, 1.807) is 17.2 Å². The molecule has 0 spiro atoms. The normalized spacial score (nSPS) is 13.7. The predicted octanol–water partition coefficient (Wildman–Crippen LogP) is 5.01. The summed E-state index contributed by atoms with van der Waals surface area (Å²) in [5.74, 6) is 0.0676. The van der Waals surface area contributed by atoms with E-state index in [0.29, 0.717) is 12.3 Å². The fraction of sp³-hybridized carbons (Fsp3) is 0.280. The predicted molar refractivity (Wildman–Crippen MR) is 114 cm³/mol. The molecule has 1 aromatic heterocycles. The number of carbonyl (C=O) groups is 2. The number of carbonyl (C=O) groups excluding carboxylic acids is 2. The van der Waals surface area contributed by atoms with Crippen molar-refractivity contribution in [3.63, 3.8) is 0 Å². The Kier molecular flexibility index (Phi) is 6.28. The lowest BCUT2D eigenvalue weighted by molar-refractivity contribution is -0.151. The second kappa shape index (κ2) is 9.44. The molecule has 0 bridgehead atoms. The molecule has 0 atom stereocenters. The van der Waals surface area contributed by atoms with Crippen molar-refractivity contribution in [3.05, 3.63) is 84.0 Å². The third kappa shape index (κ3) is 4.79. The summed E-state index contributed by atoms with van der Waals surface area (Å²) in [7, 11) is 0. The highest BCUT2D eigenvalue weighted by Crippen LogP contribution is 2.23. The van der Waals surface area contributed by atoms with Crippen molar-refractivity contribution in [1.82, 2.24) is 4.90 Å². The lowest BCUT2D eigenvalue weighted by atomic mass is 10.0. The third-order valence-corrected chi connectivity index (χ3v) is 5.38. The van der Waals surface area contributed by atoms with Crippen LogP contribution in [-0.2, 0) is 27.3 Å². The van der Waals surface area contributed by atoms with Crippen LogP contribution >= 0.6 is 0 Å². The molecule has 1 aliphatic rings. The molecule has 5 nitrogen and oxygen atoms in total. The smallest absolute Gasteiger partial charge is 0.310 e. The van der Waals surface area contributed by atoms with E-state index in [1.165, 1.54) is 0 Å². The zero-order valence-corrected chi connectivity index (χ0v) is 16.9. The maximum Gasteiger partial charge on any atom is 0.310 e. The average Bonchev–Trinajstić information content (AvgIpc) is 3.30. The lowest BCUT2D eigenvalue weighted by Crippen LogP contribution is -2.34. The first-order valence-electron chi connectivity index (χ1n) is 10.3. The van der Waals surface area contributed by atoms with Crippen LogP contribution in [0, 0.1) is 0 Å². The zero-order valence-electron chi connectivity index (χ0n) is 16.9. The van der Waals surface area contributed by atoms with Crippen molar-refractivity contribution in [2.45, 2.75) is 38.6 Å². The number of allylic oxidation sites excluding steroid dienone is 2. The number of furan rings is 1. The molecule has 0 unspecified atom stereocenters. The zero-order chi connectivity index (χ0) is 20.8. The van der Waals surface area contributed by atoms with Crippen LogP contribution < -0.4 is 0 Å². The van der Waals surface area contributed by atoms with Gasteiger partial charge in [0.2, 0.25) is 0 Å². The molecule has 0 fully saturated rings. The van der Waals surface area contributed by atoms with Crippen LogP contribution in [0.5, 0.6) is 0 Å². The largest absolute Gasteiger partial charge is 0.467 e. The van der Waals surface area contributed by atoms with Gasteiger partial charge in [0.05, 0.1) is 19.2 Å². The number of fused-ring (bicyclic) bond motifs is 1. The second-order valence-electron chi connectivity index (χ2n) is 7.48. The summed E-state index contributed by atoms with van der Waals surface area (Å²) in [5, 5.41) is 2.10. The Bertz CT molecular complexity index is 1050. The van der Waals surface area contributed by atoms with E-state index in [9.17, 15) is 9.59 Å². The van der Waals surface area contributed by atoms with Crippen molar-refractivity contribution in [3.8, 4) is 0 Å². The summed E-state index contributed by atoms with van der Waals surface area (Å²) in [6.07, 6.45) is 7.81. The van der Waals surface area contributed by atoms with Gasteiger partial charge in [0, 0.05) is 5.70 Å². The molecule has 1 heterocycles. The first kappa shape index (κ1) is 20.0. The van der Waals surface area contributed by atoms with E-state index >= 15 is 0 Å². The molecule has 0 saturated heterocycles. The molecular weight excluding hydrogens is 378 g/mol. The Balaban J connectivity index is 1.41. The summed E-state index contributed by atoms with van der Waals surface area (Å²) >= 11 is 0. The Hall–Kier alpha value is -3.34. The Morgan fingerprint density at radius 3 is 2.67 bits per heavy atom. The number of hydrogen-bond donors (Lipinski definition) is 0. The number of ether oxygens (including phenoxy) is 1. The Labute approximate surface area is 175 Å². The van der Waals surface area contributed by atoms with E-state index < -0.39 is 5.97 Å². The summed E-state index contributed by atoms with van der Waals surface area (Å²) in [4.78, 5) is 27.0. The monoisotopic (exact) mass is 403 g/mol. The molecule has 30 heavy (non-hydrogen) atoms. The molecule has 3 aromatic rings. The number of rotatable bonds is 7. The molecule has 1 amide bonds. The number of amides is 1. The molecule has 4 rings (SSSR count). The van der Waals surface area contributed by atoms with Crippen LogP contribution in [0.3, 0.4) is 0 Å². The minimum Gasteiger partial charge on any atom is -0.467 e. The second-order valence-corrected chi connectivity index (χ2v) is 7.48. The first-order valence-corrected chi connectivity index (χ1v) is 10.3. The molecule has 5 heteroatoms. The standard InChI is InChI=1S/C25H25NO4/c27-24(26(17-22-13-7-15-29-22)21-11-2-1-3-12-21)18-30-25(28)16-20-10-6-9-19-8-4-5-14-23(19)20/h4-11,13-15H,1-3,12,16-18H2. The fourth-order valence-corrected chi connectivity index (χ4v) is 3.85. The fourth-order valence-electron chi connectivity index (χ4n) is 3.85. The Morgan fingerprint density at radius 2 is 1.87 bits per heavy atom. The van der Waals surface area contributed by atoms with Crippen molar-refractivity contribution in [1.29, 1.82) is 0 Å². The van der Waals surface area contributed by atoms with Gasteiger partial charge in [0.1, 0.15) is 5.76 Å². The summed E-state index contributed by atoms with van der Waals surface area (Å²) in [5.41, 5.74) is 1.88. The molecule has 0 saturated carbocycles. The molecule has 0 N–H and O–H groups in total. The van der Waals surface area contributed by atoms with Crippen LogP contribution in [0.4, 0.5) is 0 Å². The van der Waals surface area contributed by atoms with Crippen LogP contribution in [0.25, 0.3) is 10.8 Å². The SMILES string of the molecule is O=C(Cc1cccc2ccccc12)OCC(=O)N(Cc1ccco1)C1=CCCCC1. The molecule has 1 aliphatic carbocycles. The molecule has 0 aliphatic heterocycles. The van der Waals surface area contributed by atoms with Gasteiger partial charge >= 0.3 is 5.97 Å².